The SMILES string of the molecule is CC=O.Cc1nc2c(n1C1CCN(C(C)CC(N)c3ccccc3)CC1)CNCCCC2. The quantitative estimate of drug-likeness (QED) is 0.690. The van der Waals surface area contributed by atoms with Crippen molar-refractivity contribution in [3.8, 4) is 0 Å². The molecule has 0 saturated carbocycles. The molecule has 176 valence electrons. The first-order chi connectivity index (χ1) is 15.5. The molecule has 0 spiro atoms. The van der Waals surface area contributed by atoms with E-state index in [9.17, 15) is 0 Å². The maximum Gasteiger partial charge on any atom is 0.116 e. The Labute approximate surface area is 193 Å². The molecule has 2 aliphatic rings. The summed E-state index contributed by atoms with van der Waals surface area (Å²) >= 11 is 0. The summed E-state index contributed by atoms with van der Waals surface area (Å²) < 4.78 is 2.56. The van der Waals surface area contributed by atoms with Crippen molar-refractivity contribution in [1.82, 2.24) is 19.8 Å². The van der Waals surface area contributed by atoms with Crippen LogP contribution in [0.1, 0.15) is 80.8 Å². The molecule has 1 saturated heterocycles. The predicted octanol–water partition coefficient (Wildman–Crippen LogP) is 3.94. The molecule has 3 heterocycles. The van der Waals surface area contributed by atoms with Crippen LogP contribution in [0.3, 0.4) is 0 Å². The maximum absolute atomic E-state index is 8.81. The number of nitrogens with two attached hydrogens (primary N) is 1. The van der Waals surface area contributed by atoms with Crippen LogP contribution in [0, 0.1) is 6.92 Å². The molecule has 1 aromatic carbocycles. The average Bonchev–Trinajstić information content (AvgIpc) is 3.09. The molecule has 0 radical (unpaired) electrons. The standard InChI is InChI=1S/C24H37N5.C2H4O/c1-18(16-22(25)20-8-4-3-5-9-20)28-14-11-21(12-15-28)29-19(2)27-23-10-6-7-13-26-17-24(23)29;1-2-3/h3-5,8-9,18,21-22,26H,6-7,10-17,25H2,1-2H3;2H,1H3. The first-order valence-corrected chi connectivity index (χ1v) is 12.3. The van der Waals surface area contributed by atoms with Crippen molar-refractivity contribution in [2.45, 2.75) is 84.0 Å². The number of carbonyl (C=O) groups excluding carboxylic acids is 1. The number of aryl methyl sites for hydroxylation is 2. The minimum absolute atomic E-state index is 0.116. The Bertz CT molecular complexity index is 826. The van der Waals surface area contributed by atoms with E-state index >= 15 is 0 Å². The highest BCUT2D eigenvalue weighted by molar-refractivity contribution is 5.44. The fourth-order valence-corrected chi connectivity index (χ4v) is 5.21. The fraction of sp³-hybridized carbons (Fsp3) is 0.615. The lowest BCUT2D eigenvalue weighted by Crippen LogP contribution is -2.42. The van der Waals surface area contributed by atoms with Gasteiger partial charge < -0.3 is 25.3 Å². The third-order valence-electron chi connectivity index (χ3n) is 6.89. The molecule has 2 unspecified atom stereocenters. The summed E-state index contributed by atoms with van der Waals surface area (Å²) in [7, 11) is 0. The van der Waals surface area contributed by atoms with Gasteiger partial charge >= 0.3 is 0 Å². The largest absolute Gasteiger partial charge is 0.328 e. The number of fused-ring (bicyclic) bond motifs is 1. The second-order valence-corrected chi connectivity index (χ2v) is 9.16. The van der Waals surface area contributed by atoms with Crippen LogP contribution in [0.2, 0.25) is 0 Å². The van der Waals surface area contributed by atoms with Crippen molar-refractivity contribution >= 4 is 6.29 Å². The highest BCUT2D eigenvalue weighted by Gasteiger charge is 2.28. The molecular formula is C26H41N5O. The van der Waals surface area contributed by atoms with E-state index in [-0.39, 0.29) is 6.04 Å². The normalized spacial score (nSPS) is 19.6. The van der Waals surface area contributed by atoms with Crippen LogP contribution in [0.25, 0.3) is 0 Å². The molecule has 6 heteroatoms. The molecular weight excluding hydrogens is 398 g/mol. The van der Waals surface area contributed by atoms with E-state index in [2.05, 4.69) is 59.0 Å². The lowest BCUT2D eigenvalue weighted by molar-refractivity contribution is -0.106. The molecule has 0 bridgehead atoms. The number of imidazole rings is 1. The molecule has 1 aromatic heterocycles. The van der Waals surface area contributed by atoms with Gasteiger partial charge in [-0.15, -0.1) is 0 Å². The van der Waals surface area contributed by atoms with E-state index in [1.54, 1.807) is 0 Å². The molecule has 2 aliphatic heterocycles. The molecule has 3 N–H and O–H groups in total. The fourth-order valence-electron chi connectivity index (χ4n) is 5.21. The summed E-state index contributed by atoms with van der Waals surface area (Å²) in [4.78, 5) is 16.4. The smallest absolute Gasteiger partial charge is 0.116 e. The minimum Gasteiger partial charge on any atom is -0.328 e. The van der Waals surface area contributed by atoms with E-state index in [0.717, 1.165) is 45.3 Å². The summed E-state index contributed by atoms with van der Waals surface area (Å²) in [6.45, 7) is 10.4. The van der Waals surface area contributed by atoms with Crippen molar-refractivity contribution < 1.29 is 4.79 Å². The summed E-state index contributed by atoms with van der Waals surface area (Å²) in [6.07, 6.45) is 7.81. The van der Waals surface area contributed by atoms with Crippen LogP contribution in [-0.4, -0.2) is 46.4 Å². The van der Waals surface area contributed by atoms with Crippen LogP contribution in [0.15, 0.2) is 30.3 Å². The van der Waals surface area contributed by atoms with Crippen molar-refractivity contribution in [1.29, 1.82) is 0 Å². The van der Waals surface area contributed by atoms with Gasteiger partial charge in [0.05, 0.1) is 11.4 Å². The van der Waals surface area contributed by atoms with Crippen molar-refractivity contribution in [3.05, 3.63) is 53.1 Å². The monoisotopic (exact) mass is 439 g/mol. The molecule has 2 atom stereocenters. The van der Waals surface area contributed by atoms with Gasteiger partial charge in [0, 0.05) is 37.8 Å². The van der Waals surface area contributed by atoms with Crippen LogP contribution in [-0.2, 0) is 17.8 Å². The highest BCUT2D eigenvalue weighted by Crippen LogP contribution is 2.30. The van der Waals surface area contributed by atoms with Crippen molar-refractivity contribution in [2.75, 3.05) is 19.6 Å². The number of nitrogens with zero attached hydrogens (tertiary/aromatic N) is 3. The average molecular weight is 440 g/mol. The zero-order valence-corrected chi connectivity index (χ0v) is 20.1. The maximum atomic E-state index is 8.81. The van der Waals surface area contributed by atoms with Gasteiger partial charge in [0.1, 0.15) is 12.1 Å². The van der Waals surface area contributed by atoms with Crippen LogP contribution >= 0.6 is 0 Å². The zero-order chi connectivity index (χ0) is 22.9. The summed E-state index contributed by atoms with van der Waals surface area (Å²) in [5.41, 5.74) is 10.5. The number of hydrogen-bond acceptors (Lipinski definition) is 5. The number of aldehydes is 1. The van der Waals surface area contributed by atoms with Gasteiger partial charge in [0.25, 0.3) is 0 Å². The third-order valence-corrected chi connectivity index (χ3v) is 6.89. The lowest BCUT2D eigenvalue weighted by atomic mass is 9.97. The second-order valence-electron chi connectivity index (χ2n) is 9.16. The number of piperidine rings is 1. The van der Waals surface area contributed by atoms with E-state index in [0.29, 0.717) is 12.1 Å². The molecule has 0 aliphatic carbocycles. The molecule has 6 nitrogen and oxygen atoms in total. The van der Waals surface area contributed by atoms with Crippen molar-refractivity contribution in [3.63, 3.8) is 0 Å². The number of carbonyl (C=O) groups is 1. The summed E-state index contributed by atoms with van der Waals surface area (Å²) in [6, 6.07) is 11.7. The molecule has 2 aromatic rings. The third kappa shape index (κ3) is 6.27. The number of likely N-dealkylation sites (tertiary alicyclic amines) is 1. The Morgan fingerprint density at radius 3 is 2.59 bits per heavy atom. The minimum atomic E-state index is 0.116. The van der Waals surface area contributed by atoms with Crippen LogP contribution < -0.4 is 11.1 Å². The lowest BCUT2D eigenvalue weighted by Gasteiger charge is -2.38. The second kappa shape index (κ2) is 12.3. The Morgan fingerprint density at radius 2 is 1.91 bits per heavy atom. The van der Waals surface area contributed by atoms with E-state index in [1.165, 1.54) is 55.4 Å². The van der Waals surface area contributed by atoms with E-state index in [4.69, 9.17) is 15.5 Å². The summed E-state index contributed by atoms with van der Waals surface area (Å²) in [5, 5.41) is 3.62. The van der Waals surface area contributed by atoms with Gasteiger partial charge in [-0.1, -0.05) is 30.3 Å². The van der Waals surface area contributed by atoms with Gasteiger partial charge in [-0.2, -0.15) is 0 Å². The van der Waals surface area contributed by atoms with Crippen LogP contribution in [0.4, 0.5) is 0 Å². The molecule has 4 rings (SSSR count). The number of aromatic nitrogens is 2. The Hall–Kier alpha value is -2.02. The van der Waals surface area contributed by atoms with Gasteiger partial charge in [0.2, 0.25) is 0 Å². The number of nitrogens with one attached hydrogen (secondary N) is 1. The Morgan fingerprint density at radius 1 is 1.22 bits per heavy atom. The predicted molar refractivity (Wildman–Crippen MR) is 131 cm³/mol. The van der Waals surface area contributed by atoms with Gasteiger partial charge in [-0.3, -0.25) is 0 Å². The van der Waals surface area contributed by atoms with Crippen molar-refractivity contribution in [2.24, 2.45) is 5.73 Å². The Balaban J connectivity index is 0.000000913. The van der Waals surface area contributed by atoms with Gasteiger partial charge in [-0.05, 0) is 71.4 Å². The number of hydrogen-bond donors (Lipinski definition) is 2. The molecule has 32 heavy (non-hydrogen) atoms. The highest BCUT2D eigenvalue weighted by atomic mass is 16.1. The number of benzene rings is 1. The van der Waals surface area contributed by atoms with Crippen LogP contribution in [0.5, 0.6) is 0 Å². The number of rotatable bonds is 5. The Kier molecular flexibility index (Phi) is 9.45. The van der Waals surface area contributed by atoms with E-state index in [1.807, 2.05) is 0 Å². The molecule has 0 amide bonds. The molecule has 1 fully saturated rings. The first-order valence-electron chi connectivity index (χ1n) is 12.3. The summed E-state index contributed by atoms with van der Waals surface area (Å²) in [5.74, 6) is 1.20. The first kappa shape index (κ1) is 24.6. The van der Waals surface area contributed by atoms with E-state index < -0.39 is 0 Å². The zero-order valence-electron chi connectivity index (χ0n) is 20.1. The van der Waals surface area contributed by atoms with Gasteiger partial charge in [0.15, 0.2) is 0 Å². The van der Waals surface area contributed by atoms with Gasteiger partial charge in [-0.25, -0.2) is 4.98 Å². The topological polar surface area (TPSA) is 76.2 Å².